The normalized spacial score (nSPS) is 18.4. The quantitative estimate of drug-likeness (QED) is 0.859. The molecule has 1 aromatic heterocycles. The SMILES string of the molecule is N#Cc1cnc(N(CC2CC2)CC2CC2)c(N)c1. The summed E-state index contributed by atoms with van der Waals surface area (Å²) in [5, 5.41) is 8.84. The Morgan fingerprint density at radius 1 is 1.28 bits per heavy atom. The molecule has 0 saturated heterocycles. The second-order valence-electron chi connectivity index (χ2n) is 5.54. The fourth-order valence-corrected chi connectivity index (χ4v) is 2.27. The maximum atomic E-state index is 8.84. The van der Waals surface area contributed by atoms with E-state index in [9.17, 15) is 0 Å². The smallest absolute Gasteiger partial charge is 0.151 e. The summed E-state index contributed by atoms with van der Waals surface area (Å²) in [5.74, 6) is 2.51. The molecule has 0 bridgehead atoms. The zero-order valence-electron chi connectivity index (χ0n) is 10.5. The third-order valence-corrected chi connectivity index (χ3v) is 3.67. The standard InChI is InChI=1S/C14H18N4/c15-6-12-5-13(16)14(17-7-12)18(8-10-1-2-10)9-11-3-4-11/h5,7,10-11H,1-4,8-9,16H2. The summed E-state index contributed by atoms with van der Waals surface area (Å²) in [7, 11) is 0. The molecule has 2 N–H and O–H groups in total. The second kappa shape index (κ2) is 4.49. The molecule has 0 radical (unpaired) electrons. The summed E-state index contributed by atoms with van der Waals surface area (Å²) >= 11 is 0. The molecule has 94 valence electrons. The summed E-state index contributed by atoms with van der Waals surface area (Å²) in [6.45, 7) is 2.14. The van der Waals surface area contributed by atoms with E-state index in [-0.39, 0.29) is 0 Å². The second-order valence-corrected chi connectivity index (χ2v) is 5.54. The lowest BCUT2D eigenvalue weighted by Gasteiger charge is -2.25. The van der Waals surface area contributed by atoms with Gasteiger partial charge >= 0.3 is 0 Å². The highest BCUT2D eigenvalue weighted by Gasteiger charge is 2.30. The van der Waals surface area contributed by atoms with Gasteiger partial charge in [0.1, 0.15) is 6.07 Å². The van der Waals surface area contributed by atoms with Gasteiger partial charge in [0.25, 0.3) is 0 Å². The van der Waals surface area contributed by atoms with Crippen LogP contribution in [0.5, 0.6) is 0 Å². The van der Waals surface area contributed by atoms with Gasteiger partial charge in [0.15, 0.2) is 5.82 Å². The van der Waals surface area contributed by atoms with Crippen molar-refractivity contribution < 1.29 is 0 Å². The number of anilines is 2. The molecule has 4 heteroatoms. The van der Waals surface area contributed by atoms with Gasteiger partial charge in [-0.15, -0.1) is 0 Å². The minimum Gasteiger partial charge on any atom is -0.396 e. The van der Waals surface area contributed by atoms with E-state index in [2.05, 4.69) is 16.0 Å². The minimum absolute atomic E-state index is 0.536. The first-order valence-electron chi connectivity index (χ1n) is 6.67. The van der Waals surface area contributed by atoms with Crippen LogP contribution in [-0.2, 0) is 0 Å². The molecule has 0 spiro atoms. The molecule has 0 amide bonds. The first kappa shape index (κ1) is 11.3. The van der Waals surface area contributed by atoms with Gasteiger partial charge in [-0.2, -0.15) is 5.26 Å². The van der Waals surface area contributed by atoms with E-state index >= 15 is 0 Å². The van der Waals surface area contributed by atoms with Crippen LogP contribution in [0, 0.1) is 23.2 Å². The van der Waals surface area contributed by atoms with Crippen molar-refractivity contribution in [2.45, 2.75) is 25.7 Å². The van der Waals surface area contributed by atoms with Crippen molar-refractivity contribution in [3.8, 4) is 6.07 Å². The lowest BCUT2D eigenvalue weighted by atomic mass is 10.2. The van der Waals surface area contributed by atoms with Crippen LogP contribution in [0.1, 0.15) is 31.2 Å². The van der Waals surface area contributed by atoms with E-state index in [1.54, 1.807) is 12.3 Å². The van der Waals surface area contributed by atoms with Gasteiger partial charge < -0.3 is 10.6 Å². The summed E-state index contributed by atoms with van der Waals surface area (Å²) in [4.78, 5) is 6.71. The molecule has 2 aliphatic carbocycles. The molecule has 0 atom stereocenters. The molecule has 4 nitrogen and oxygen atoms in total. The van der Waals surface area contributed by atoms with E-state index in [0.717, 1.165) is 30.7 Å². The van der Waals surface area contributed by atoms with Gasteiger partial charge in [-0.3, -0.25) is 0 Å². The molecule has 0 aromatic carbocycles. The Morgan fingerprint density at radius 2 is 1.89 bits per heavy atom. The van der Waals surface area contributed by atoms with Crippen LogP contribution in [0.25, 0.3) is 0 Å². The van der Waals surface area contributed by atoms with Gasteiger partial charge in [-0.25, -0.2) is 4.98 Å². The van der Waals surface area contributed by atoms with E-state index in [4.69, 9.17) is 11.0 Å². The summed E-state index contributed by atoms with van der Waals surface area (Å²) < 4.78 is 0. The highest BCUT2D eigenvalue weighted by atomic mass is 15.2. The average molecular weight is 242 g/mol. The maximum Gasteiger partial charge on any atom is 0.151 e. The molecule has 3 rings (SSSR count). The van der Waals surface area contributed by atoms with E-state index in [1.165, 1.54) is 25.7 Å². The van der Waals surface area contributed by atoms with E-state index in [0.29, 0.717) is 11.3 Å². The molecule has 0 unspecified atom stereocenters. The Bertz CT molecular complexity index is 469. The molecule has 0 aliphatic heterocycles. The van der Waals surface area contributed by atoms with Crippen LogP contribution in [0.2, 0.25) is 0 Å². The van der Waals surface area contributed by atoms with Gasteiger partial charge in [0.2, 0.25) is 0 Å². The van der Waals surface area contributed by atoms with Crippen LogP contribution < -0.4 is 10.6 Å². The van der Waals surface area contributed by atoms with Crippen molar-refractivity contribution in [2.24, 2.45) is 11.8 Å². The van der Waals surface area contributed by atoms with Gasteiger partial charge in [0, 0.05) is 19.3 Å². The Balaban J connectivity index is 1.80. The first-order valence-corrected chi connectivity index (χ1v) is 6.67. The van der Waals surface area contributed by atoms with Crippen molar-refractivity contribution in [3.05, 3.63) is 17.8 Å². The summed E-state index contributed by atoms with van der Waals surface area (Å²) in [5.41, 5.74) is 7.21. The third-order valence-electron chi connectivity index (χ3n) is 3.67. The third kappa shape index (κ3) is 2.56. The Hall–Kier alpha value is -1.76. The Morgan fingerprint density at radius 3 is 2.33 bits per heavy atom. The molecular weight excluding hydrogens is 224 g/mol. The van der Waals surface area contributed by atoms with Crippen LogP contribution in [-0.4, -0.2) is 18.1 Å². The topological polar surface area (TPSA) is 65.9 Å². The number of aromatic nitrogens is 1. The van der Waals surface area contributed by atoms with Gasteiger partial charge in [-0.1, -0.05) is 0 Å². The fourth-order valence-electron chi connectivity index (χ4n) is 2.27. The number of nitrogens with zero attached hydrogens (tertiary/aromatic N) is 3. The number of nitrogens with two attached hydrogens (primary N) is 1. The number of nitrogen functional groups attached to an aromatic ring is 1. The molecular formula is C14H18N4. The largest absolute Gasteiger partial charge is 0.396 e. The van der Waals surface area contributed by atoms with Crippen LogP contribution in [0.3, 0.4) is 0 Å². The molecule has 1 aromatic rings. The highest BCUT2D eigenvalue weighted by Crippen LogP contribution is 2.36. The highest BCUT2D eigenvalue weighted by molar-refractivity contribution is 5.64. The van der Waals surface area contributed by atoms with Crippen molar-refractivity contribution in [3.63, 3.8) is 0 Å². The van der Waals surface area contributed by atoms with Crippen LogP contribution in [0.4, 0.5) is 11.5 Å². The average Bonchev–Trinajstić information content (AvgIpc) is 3.23. The lowest BCUT2D eigenvalue weighted by Crippen LogP contribution is -2.29. The van der Waals surface area contributed by atoms with Crippen molar-refractivity contribution >= 4 is 11.5 Å². The Kier molecular flexibility index (Phi) is 2.83. The molecule has 2 aliphatic rings. The van der Waals surface area contributed by atoms with Crippen LogP contribution >= 0.6 is 0 Å². The number of hydrogen-bond acceptors (Lipinski definition) is 4. The summed E-state index contributed by atoms with van der Waals surface area (Å²) in [6, 6.07) is 3.81. The zero-order chi connectivity index (χ0) is 12.5. The molecule has 18 heavy (non-hydrogen) atoms. The predicted octanol–water partition coefficient (Wildman–Crippen LogP) is 2.16. The molecule has 1 heterocycles. The number of hydrogen-bond donors (Lipinski definition) is 1. The number of nitriles is 1. The monoisotopic (exact) mass is 242 g/mol. The van der Waals surface area contributed by atoms with E-state index < -0.39 is 0 Å². The van der Waals surface area contributed by atoms with Crippen molar-refractivity contribution in [1.29, 1.82) is 5.26 Å². The van der Waals surface area contributed by atoms with Gasteiger partial charge in [-0.05, 0) is 43.6 Å². The summed E-state index contributed by atoms with van der Waals surface area (Å²) in [6.07, 6.45) is 6.95. The van der Waals surface area contributed by atoms with E-state index in [1.807, 2.05) is 0 Å². The van der Waals surface area contributed by atoms with Crippen molar-refractivity contribution in [2.75, 3.05) is 23.7 Å². The van der Waals surface area contributed by atoms with Gasteiger partial charge in [0.05, 0.1) is 11.3 Å². The fraction of sp³-hybridized carbons (Fsp3) is 0.571. The Labute approximate surface area is 107 Å². The molecule has 2 saturated carbocycles. The van der Waals surface area contributed by atoms with Crippen molar-refractivity contribution in [1.82, 2.24) is 4.98 Å². The van der Waals surface area contributed by atoms with Crippen LogP contribution in [0.15, 0.2) is 12.3 Å². The first-order chi connectivity index (χ1) is 8.76. The number of rotatable bonds is 5. The molecule has 2 fully saturated rings. The number of pyridine rings is 1. The lowest BCUT2D eigenvalue weighted by molar-refractivity contribution is 0.672. The zero-order valence-corrected chi connectivity index (χ0v) is 10.5. The predicted molar refractivity (Wildman–Crippen MR) is 71.0 cm³/mol. The maximum absolute atomic E-state index is 8.84. The minimum atomic E-state index is 0.536.